The SMILES string of the molecule is O=C(N[C@H]1CCNC1)c1cccc(Br)c1Cl. The molecule has 0 radical (unpaired) electrons. The molecule has 2 rings (SSSR count). The standard InChI is InChI=1S/C11H12BrClN2O/c12-9-3-1-2-8(10(9)13)11(16)15-7-4-5-14-6-7/h1-3,7,14H,4-6H2,(H,15,16)/t7-/m0/s1. The second-order valence-electron chi connectivity index (χ2n) is 3.76. The van der Waals surface area contributed by atoms with Crippen LogP contribution >= 0.6 is 27.5 Å². The third-order valence-corrected chi connectivity index (χ3v) is 3.89. The number of hydrogen-bond acceptors (Lipinski definition) is 2. The first-order chi connectivity index (χ1) is 7.68. The molecule has 0 saturated carbocycles. The summed E-state index contributed by atoms with van der Waals surface area (Å²) in [6.45, 7) is 1.79. The van der Waals surface area contributed by atoms with Crippen LogP contribution in [-0.2, 0) is 0 Å². The molecule has 0 unspecified atom stereocenters. The zero-order chi connectivity index (χ0) is 11.5. The highest BCUT2D eigenvalue weighted by atomic mass is 79.9. The lowest BCUT2D eigenvalue weighted by molar-refractivity contribution is 0.0940. The van der Waals surface area contributed by atoms with Gasteiger partial charge in [0.15, 0.2) is 0 Å². The number of carbonyl (C=O) groups excluding carboxylic acids is 1. The number of nitrogens with one attached hydrogen (secondary N) is 2. The Hall–Kier alpha value is -0.580. The number of benzene rings is 1. The molecule has 1 aliphatic rings. The van der Waals surface area contributed by atoms with E-state index in [0.717, 1.165) is 24.0 Å². The first-order valence-electron chi connectivity index (χ1n) is 5.14. The van der Waals surface area contributed by atoms with Crippen LogP contribution in [0, 0.1) is 0 Å². The highest BCUT2D eigenvalue weighted by Crippen LogP contribution is 2.25. The first kappa shape index (κ1) is 11.9. The summed E-state index contributed by atoms with van der Waals surface area (Å²) in [5.74, 6) is -0.111. The van der Waals surface area contributed by atoms with E-state index in [0.29, 0.717) is 10.6 Å². The molecule has 3 nitrogen and oxygen atoms in total. The van der Waals surface area contributed by atoms with E-state index in [4.69, 9.17) is 11.6 Å². The highest BCUT2D eigenvalue weighted by Gasteiger charge is 2.19. The molecular formula is C11H12BrClN2O. The van der Waals surface area contributed by atoms with Crippen molar-refractivity contribution in [3.8, 4) is 0 Å². The zero-order valence-corrected chi connectivity index (χ0v) is 10.9. The van der Waals surface area contributed by atoms with Crippen molar-refractivity contribution in [3.05, 3.63) is 33.3 Å². The van der Waals surface area contributed by atoms with Crippen LogP contribution in [0.2, 0.25) is 5.02 Å². The molecule has 1 saturated heterocycles. The van der Waals surface area contributed by atoms with Gasteiger partial charge in [0.1, 0.15) is 0 Å². The van der Waals surface area contributed by atoms with Crippen LogP contribution in [0.5, 0.6) is 0 Å². The smallest absolute Gasteiger partial charge is 0.253 e. The zero-order valence-electron chi connectivity index (χ0n) is 8.59. The number of hydrogen-bond donors (Lipinski definition) is 2. The summed E-state index contributed by atoms with van der Waals surface area (Å²) < 4.78 is 0.742. The van der Waals surface area contributed by atoms with Crippen molar-refractivity contribution < 1.29 is 4.79 Å². The topological polar surface area (TPSA) is 41.1 Å². The third kappa shape index (κ3) is 2.56. The number of rotatable bonds is 2. The van der Waals surface area contributed by atoms with Crippen LogP contribution in [0.25, 0.3) is 0 Å². The van der Waals surface area contributed by atoms with Crippen LogP contribution in [-0.4, -0.2) is 25.0 Å². The fraction of sp³-hybridized carbons (Fsp3) is 0.364. The maximum Gasteiger partial charge on any atom is 0.253 e. The Morgan fingerprint density at radius 3 is 3.06 bits per heavy atom. The summed E-state index contributed by atoms with van der Waals surface area (Å²) in [7, 11) is 0. The first-order valence-corrected chi connectivity index (χ1v) is 6.31. The lowest BCUT2D eigenvalue weighted by atomic mass is 10.2. The minimum absolute atomic E-state index is 0.111. The quantitative estimate of drug-likeness (QED) is 0.879. The summed E-state index contributed by atoms with van der Waals surface area (Å²) in [6, 6.07) is 5.56. The minimum atomic E-state index is -0.111. The molecule has 0 aromatic heterocycles. The van der Waals surface area contributed by atoms with Gasteiger partial charge in [-0.25, -0.2) is 0 Å². The Kier molecular flexibility index (Phi) is 3.84. The molecular weight excluding hydrogens is 291 g/mol. The summed E-state index contributed by atoms with van der Waals surface area (Å²) in [5.41, 5.74) is 0.517. The molecule has 1 atom stereocenters. The average molecular weight is 304 g/mol. The molecule has 86 valence electrons. The monoisotopic (exact) mass is 302 g/mol. The number of carbonyl (C=O) groups is 1. The van der Waals surface area contributed by atoms with Crippen molar-refractivity contribution in [2.75, 3.05) is 13.1 Å². The lowest BCUT2D eigenvalue weighted by Crippen LogP contribution is -2.36. The largest absolute Gasteiger partial charge is 0.348 e. The molecule has 1 heterocycles. The molecule has 16 heavy (non-hydrogen) atoms. The predicted molar refractivity (Wildman–Crippen MR) is 67.9 cm³/mol. The van der Waals surface area contributed by atoms with E-state index in [-0.39, 0.29) is 11.9 Å². The van der Waals surface area contributed by atoms with Crippen molar-refractivity contribution in [3.63, 3.8) is 0 Å². The molecule has 0 bridgehead atoms. The fourth-order valence-corrected chi connectivity index (χ4v) is 2.30. The van der Waals surface area contributed by atoms with E-state index >= 15 is 0 Å². The molecule has 2 N–H and O–H groups in total. The average Bonchev–Trinajstić information content (AvgIpc) is 2.74. The van der Waals surface area contributed by atoms with Crippen molar-refractivity contribution in [1.82, 2.24) is 10.6 Å². The fourth-order valence-electron chi connectivity index (χ4n) is 1.72. The van der Waals surface area contributed by atoms with Gasteiger partial charge in [0.05, 0.1) is 10.6 Å². The number of halogens is 2. The van der Waals surface area contributed by atoms with Gasteiger partial charge in [0.2, 0.25) is 0 Å². The number of amides is 1. The van der Waals surface area contributed by atoms with Gasteiger partial charge in [0, 0.05) is 17.1 Å². The molecule has 1 aliphatic heterocycles. The summed E-state index contributed by atoms with van der Waals surface area (Å²) in [5, 5.41) is 6.62. The highest BCUT2D eigenvalue weighted by molar-refractivity contribution is 9.10. The van der Waals surface area contributed by atoms with E-state index in [1.54, 1.807) is 12.1 Å². The molecule has 0 spiro atoms. The van der Waals surface area contributed by atoms with Gasteiger partial charge in [0.25, 0.3) is 5.91 Å². The van der Waals surface area contributed by atoms with Gasteiger partial charge in [-0.15, -0.1) is 0 Å². The molecule has 1 aromatic carbocycles. The van der Waals surface area contributed by atoms with Crippen molar-refractivity contribution in [2.24, 2.45) is 0 Å². The van der Waals surface area contributed by atoms with Crippen LogP contribution in [0.3, 0.4) is 0 Å². The molecule has 1 amide bonds. The summed E-state index contributed by atoms with van der Waals surface area (Å²) in [4.78, 5) is 11.9. The van der Waals surface area contributed by atoms with Gasteiger partial charge in [-0.05, 0) is 41.0 Å². The predicted octanol–water partition coefficient (Wildman–Crippen LogP) is 2.19. The van der Waals surface area contributed by atoms with Crippen LogP contribution in [0.15, 0.2) is 22.7 Å². The van der Waals surface area contributed by atoms with E-state index in [1.165, 1.54) is 0 Å². The normalized spacial score (nSPS) is 19.8. The van der Waals surface area contributed by atoms with Crippen molar-refractivity contribution in [2.45, 2.75) is 12.5 Å². The summed E-state index contributed by atoms with van der Waals surface area (Å²) in [6.07, 6.45) is 0.970. The molecule has 0 aliphatic carbocycles. The van der Waals surface area contributed by atoms with Gasteiger partial charge < -0.3 is 10.6 Å². The third-order valence-electron chi connectivity index (χ3n) is 2.59. The Bertz CT molecular complexity index is 405. The second-order valence-corrected chi connectivity index (χ2v) is 5.00. The van der Waals surface area contributed by atoms with Crippen molar-refractivity contribution >= 4 is 33.4 Å². The van der Waals surface area contributed by atoms with Crippen molar-refractivity contribution in [1.29, 1.82) is 0 Å². The Morgan fingerprint density at radius 1 is 1.56 bits per heavy atom. The Balaban J connectivity index is 2.11. The van der Waals surface area contributed by atoms with Crippen LogP contribution in [0.4, 0.5) is 0 Å². The van der Waals surface area contributed by atoms with E-state index in [1.807, 2.05) is 6.07 Å². The van der Waals surface area contributed by atoms with E-state index in [2.05, 4.69) is 26.6 Å². The lowest BCUT2D eigenvalue weighted by Gasteiger charge is -2.12. The Labute approximate surface area is 108 Å². The summed E-state index contributed by atoms with van der Waals surface area (Å²) >= 11 is 9.35. The Morgan fingerprint density at radius 2 is 2.38 bits per heavy atom. The second kappa shape index (κ2) is 5.17. The van der Waals surface area contributed by atoms with E-state index < -0.39 is 0 Å². The maximum absolute atomic E-state index is 11.9. The van der Waals surface area contributed by atoms with Crippen LogP contribution < -0.4 is 10.6 Å². The van der Waals surface area contributed by atoms with Gasteiger partial charge in [-0.1, -0.05) is 17.7 Å². The molecule has 1 fully saturated rings. The maximum atomic E-state index is 11.9. The molecule has 5 heteroatoms. The molecule has 1 aromatic rings. The van der Waals surface area contributed by atoms with Crippen LogP contribution in [0.1, 0.15) is 16.8 Å². The minimum Gasteiger partial charge on any atom is -0.348 e. The van der Waals surface area contributed by atoms with Gasteiger partial charge in [-0.3, -0.25) is 4.79 Å². The van der Waals surface area contributed by atoms with E-state index in [9.17, 15) is 4.79 Å². The van der Waals surface area contributed by atoms with Gasteiger partial charge >= 0.3 is 0 Å². The van der Waals surface area contributed by atoms with Gasteiger partial charge in [-0.2, -0.15) is 0 Å².